The predicted octanol–water partition coefficient (Wildman–Crippen LogP) is 3.75. The maximum absolute atomic E-state index is 13.2. The van der Waals surface area contributed by atoms with E-state index in [4.69, 9.17) is 30.6 Å². The molecule has 2 aliphatic rings. The van der Waals surface area contributed by atoms with Crippen LogP contribution < -0.4 is 0 Å². The highest BCUT2D eigenvalue weighted by molar-refractivity contribution is 7.70. The summed E-state index contributed by atoms with van der Waals surface area (Å²) in [4.78, 5) is 36.1. The van der Waals surface area contributed by atoms with Gasteiger partial charge >= 0.3 is 27.1 Å². The summed E-state index contributed by atoms with van der Waals surface area (Å²) in [6.45, 7) is -0.792. The summed E-state index contributed by atoms with van der Waals surface area (Å²) in [5, 5.41) is 25.4. The van der Waals surface area contributed by atoms with E-state index in [0.29, 0.717) is 23.8 Å². The monoisotopic (exact) mass is 653 g/mol. The molecule has 1 saturated heterocycles. The molecule has 0 radical (unpaired) electrons. The van der Waals surface area contributed by atoms with Crippen molar-refractivity contribution in [3.63, 3.8) is 0 Å². The lowest BCUT2D eigenvalue weighted by molar-refractivity contribution is -0.137. The van der Waals surface area contributed by atoms with Gasteiger partial charge in [0.2, 0.25) is 0 Å². The maximum atomic E-state index is 13.2. The molecule has 5 N–H and O–H groups in total. The van der Waals surface area contributed by atoms with Gasteiger partial charge in [0.25, 0.3) is 6.07 Å². The number of aliphatic hydroxyl groups is 2. The normalized spacial score (nSPS) is 25.7. The lowest BCUT2D eigenvalue weighted by Crippen LogP contribution is -2.33. The second kappa shape index (κ2) is 11.3. The molecule has 0 spiro atoms. The van der Waals surface area contributed by atoms with Gasteiger partial charge < -0.3 is 34.2 Å². The smallest absolute Gasteiger partial charge is 0.387 e. The average molecular weight is 654 g/mol. The molecule has 2 aromatic heterocycles. The first-order valence-electron chi connectivity index (χ1n) is 12.2. The van der Waals surface area contributed by atoms with E-state index >= 15 is 0 Å². The highest BCUT2D eigenvalue weighted by Gasteiger charge is 2.46. The summed E-state index contributed by atoms with van der Waals surface area (Å²) in [7, 11) is -9.64. The van der Waals surface area contributed by atoms with Crippen LogP contribution in [0.5, 0.6) is 0 Å². The lowest BCUT2D eigenvalue weighted by atomic mass is 10.00. The zero-order valence-electron chi connectivity index (χ0n) is 21.2. The second-order valence-electron chi connectivity index (χ2n) is 9.82. The largest absolute Gasteiger partial charge is 0.416 e. The number of halogens is 4. The molecule has 0 amide bonds. The number of hydrogen-bond donors (Lipinski definition) is 5. The van der Waals surface area contributed by atoms with E-state index in [-0.39, 0.29) is 16.5 Å². The van der Waals surface area contributed by atoms with Crippen molar-refractivity contribution in [1.29, 1.82) is 0 Å². The van der Waals surface area contributed by atoms with E-state index in [2.05, 4.69) is 21.0 Å². The van der Waals surface area contributed by atoms with Crippen LogP contribution in [-0.2, 0) is 31.0 Å². The Kier molecular flexibility index (Phi) is 8.32. The molecule has 1 aliphatic heterocycles. The SMILES string of the molecule is O=P(O)(O)CP(=O)(O)OC[C@H]1O[C@@H](n2ncc3c([N+]#CC4CCc5ccc(C(F)(F)F)cc54)cc(Cl)nc32)[C@H](O)[C@@H]1O. The average Bonchev–Trinajstić information content (AvgIpc) is 3.55. The number of aryl methyl sites for hydroxylation is 1. The molecule has 19 heteroatoms. The van der Waals surface area contributed by atoms with Gasteiger partial charge in [-0.1, -0.05) is 17.7 Å². The molecule has 5 rings (SSSR count). The zero-order valence-corrected chi connectivity index (χ0v) is 23.7. The van der Waals surface area contributed by atoms with Gasteiger partial charge in [0.15, 0.2) is 17.8 Å². The van der Waals surface area contributed by atoms with Crippen molar-refractivity contribution in [2.24, 2.45) is 0 Å². The Hall–Kier alpha value is -2.41. The van der Waals surface area contributed by atoms with Crippen molar-refractivity contribution < 1.29 is 56.5 Å². The van der Waals surface area contributed by atoms with Gasteiger partial charge in [-0.05, 0) is 40.9 Å². The van der Waals surface area contributed by atoms with Gasteiger partial charge in [-0.2, -0.15) is 18.3 Å². The summed E-state index contributed by atoms with van der Waals surface area (Å²) >= 11 is 6.19. The summed E-state index contributed by atoms with van der Waals surface area (Å²) in [5.41, 5.74) is 0.753. The van der Waals surface area contributed by atoms with Crippen molar-refractivity contribution in [2.75, 3.05) is 12.5 Å². The van der Waals surface area contributed by atoms with E-state index in [0.717, 1.165) is 22.4 Å². The van der Waals surface area contributed by atoms with Crippen molar-refractivity contribution in [2.45, 2.75) is 49.5 Å². The third-order valence-electron chi connectivity index (χ3n) is 6.79. The molecule has 6 atom stereocenters. The summed E-state index contributed by atoms with van der Waals surface area (Å²) < 4.78 is 74.1. The van der Waals surface area contributed by atoms with E-state index < -0.39 is 69.9 Å². The minimum absolute atomic E-state index is 0.0532. The third-order valence-corrected chi connectivity index (χ3v) is 10.4. The summed E-state index contributed by atoms with van der Waals surface area (Å²) in [6, 6.07) is 7.86. The number of nitrogens with zero attached hydrogens (tertiary/aromatic N) is 4. The second-order valence-corrected chi connectivity index (χ2v) is 14.2. The van der Waals surface area contributed by atoms with Crippen LogP contribution in [0.15, 0.2) is 30.5 Å². The number of rotatable bonds is 6. The van der Waals surface area contributed by atoms with Crippen LogP contribution in [-0.4, -0.2) is 70.5 Å². The molecule has 0 saturated carbocycles. The standard InChI is InChI=1S/C23H22ClF3N4O9P2/c24-18-6-16(28-7-12-2-1-11-3-4-13(5-14(11)12)23(25,26)27)15-8-29-31(21(15)30-18)22-20(33)19(32)17(40-22)9-39-42(37,38)10-41(34,35)36/h3-6,8,12,17,19-20,22,32-33H,1-2,9-10H2,(H2-,34,35,36,37,38)/p+1/t12?,17-,19-,20-,22-/m1/s1. The molecule has 0 bridgehead atoms. The summed E-state index contributed by atoms with van der Waals surface area (Å²) in [6.07, 6.45) is -8.20. The number of pyridine rings is 1. The topological polar surface area (TPSA) is 189 Å². The van der Waals surface area contributed by atoms with E-state index in [1.165, 1.54) is 18.3 Å². The van der Waals surface area contributed by atoms with Gasteiger partial charge in [0, 0.05) is 0 Å². The van der Waals surface area contributed by atoms with Crippen LogP contribution in [0.25, 0.3) is 15.9 Å². The zero-order chi connectivity index (χ0) is 30.6. The number of fused-ring (bicyclic) bond motifs is 2. The number of benzene rings is 1. The van der Waals surface area contributed by atoms with Gasteiger partial charge in [-0.15, -0.1) is 0 Å². The molecular weight excluding hydrogens is 631 g/mol. The number of hydrogen-bond acceptors (Lipinski definition) is 8. The van der Waals surface area contributed by atoms with E-state index in [1.54, 1.807) is 0 Å². The van der Waals surface area contributed by atoms with Crippen LogP contribution in [0.3, 0.4) is 0 Å². The minimum Gasteiger partial charge on any atom is -0.387 e. The Balaban J connectivity index is 1.39. The van der Waals surface area contributed by atoms with Gasteiger partial charge in [0.05, 0.1) is 24.4 Å². The first-order valence-corrected chi connectivity index (χ1v) is 16.2. The van der Waals surface area contributed by atoms with Gasteiger partial charge in [-0.25, -0.2) is 9.67 Å². The van der Waals surface area contributed by atoms with Crippen molar-refractivity contribution in [3.05, 3.63) is 57.2 Å². The molecule has 13 nitrogen and oxygen atoms in total. The summed E-state index contributed by atoms with van der Waals surface area (Å²) in [5.74, 6) is -1.96. The number of aromatic nitrogens is 3. The maximum Gasteiger partial charge on any atom is 0.416 e. The highest BCUT2D eigenvalue weighted by Crippen LogP contribution is 2.55. The van der Waals surface area contributed by atoms with Crippen LogP contribution in [0.2, 0.25) is 5.15 Å². The molecule has 1 aromatic carbocycles. The van der Waals surface area contributed by atoms with Crippen LogP contribution in [0.4, 0.5) is 18.9 Å². The van der Waals surface area contributed by atoms with Crippen LogP contribution in [0.1, 0.15) is 35.3 Å². The fourth-order valence-electron chi connectivity index (χ4n) is 4.84. The fourth-order valence-corrected chi connectivity index (χ4v) is 7.60. The Bertz CT molecular complexity index is 1690. The molecule has 3 aromatic rings. The van der Waals surface area contributed by atoms with Crippen molar-refractivity contribution >= 4 is 43.5 Å². The first kappa shape index (κ1) is 31.0. The van der Waals surface area contributed by atoms with Crippen molar-refractivity contribution in [3.8, 4) is 6.07 Å². The number of alkyl halides is 3. The number of aliphatic hydroxyl groups excluding tert-OH is 2. The predicted molar refractivity (Wildman–Crippen MR) is 141 cm³/mol. The first-order chi connectivity index (χ1) is 19.5. The molecule has 2 unspecified atom stereocenters. The molecule has 42 heavy (non-hydrogen) atoms. The van der Waals surface area contributed by atoms with Gasteiger partial charge in [0.1, 0.15) is 34.8 Å². The molecule has 226 valence electrons. The Morgan fingerprint density at radius 1 is 1.19 bits per heavy atom. The minimum atomic E-state index is -4.89. The Labute approximate surface area is 240 Å². The molecule has 3 heterocycles. The van der Waals surface area contributed by atoms with Crippen molar-refractivity contribution in [1.82, 2.24) is 14.8 Å². The fraction of sp³-hybridized carbons (Fsp3) is 0.435. The molecule has 1 aliphatic carbocycles. The highest BCUT2D eigenvalue weighted by atomic mass is 35.5. The van der Waals surface area contributed by atoms with E-state index in [9.17, 15) is 37.4 Å². The number of ether oxygens (including phenoxy) is 1. The molecule has 1 fully saturated rings. The van der Waals surface area contributed by atoms with Crippen LogP contribution in [0, 0.1) is 6.07 Å². The lowest BCUT2D eigenvalue weighted by Gasteiger charge is -2.18. The Morgan fingerprint density at radius 3 is 2.62 bits per heavy atom. The van der Waals surface area contributed by atoms with E-state index in [1.807, 2.05) is 0 Å². The van der Waals surface area contributed by atoms with Crippen LogP contribution >= 0.6 is 26.8 Å². The Morgan fingerprint density at radius 2 is 1.93 bits per heavy atom. The molecular formula is C23H23ClF3N4O9P2+. The quantitative estimate of drug-likeness (QED) is 0.192. The third kappa shape index (κ3) is 6.56. The van der Waals surface area contributed by atoms with Gasteiger partial charge in [-0.3, -0.25) is 9.13 Å².